The standard InChI is InChI=1S/C25H30N4O4/c1-14-6-12-20-22(16(14)3)29(24(26)31)25(32)28(20)19-10-7-17(8-11-19)23(30)27-18-9-5-15(2)21(13-18)33-4/h5-6,9,12-13,17,19H,7-8,10-11H2,1-4H3,(H2,26,31)(H,27,30). The van der Waals surface area contributed by atoms with E-state index in [2.05, 4.69) is 5.32 Å². The summed E-state index contributed by atoms with van der Waals surface area (Å²) in [6.07, 6.45) is 2.64. The van der Waals surface area contributed by atoms with Crippen LogP contribution in [0.1, 0.15) is 48.4 Å². The molecule has 0 bridgehead atoms. The number of nitrogens with zero attached hydrogens (tertiary/aromatic N) is 2. The SMILES string of the molecule is COc1cc(NC(=O)C2CCC(n3c(=O)n(C(N)=O)c4c(C)c(C)ccc43)CC2)ccc1C. The molecule has 174 valence electrons. The molecule has 1 heterocycles. The smallest absolute Gasteiger partial charge is 0.337 e. The largest absolute Gasteiger partial charge is 0.496 e. The van der Waals surface area contributed by atoms with Crippen molar-refractivity contribution in [3.05, 3.63) is 57.5 Å². The van der Waals surface area contributed by atoms with Gasteiger partial charge >= 0.3 is 11.7 Å². The number of fused-ring (bicyclic) bond motifs is 1. The molecule has 2 aromatic carbocycles. The topological polar surface area (TPSA) is 108 Å². The van der Waals surface area contributed by atoms with Gasteiger partial charge in [0.2, 0.25) is 5.91 Å². The van der Waals surface area contributed by atoms with Crippen LogP contribution >= 0.6 is 0 Å². The van der Waals surface area contributed by atoms with Crippen molar-refractivity contribution in [2.24, 2.45) is 11.7 Å². The van der Waals surface area contributed by atoms with Crippen molar-refractivity contribution in [2.45, 2.75) is 52.5 Å². The maximum atomic E-state index is 13.2. The molecule has 1 fully saturated rings. The Bertz CT molecular complexity index is 1300. The number of benzene rings is 2. The zero-order chi connectivity index (χ0) is 23.9. The molecule has 4 rings (SSSR count). The van der Waals surface area contributed by atoms with Crippen LogP contribution in [0.5, 0.6) is 5.75 Å². The van der Waals surface area contributed by atoms with Gasteiger partial charge in [0.05, 0.1) is 18.1 Å². The van der Waals surface area contributed by atoms with Gasteiger partial charge in [0.25, 0.3) is 0 Å². The number of primary amides is 1. The van der Waals surface area contributed by atoms with E-state index < -0.39 is 11.7 Å². The van der Waals surface area contributed by atoms with Gasteiger partial charge in [0, 0.05) is 23.7 Å². The summed E-state index contributed by atoms with van der Waals surface area (Å²) in [5.74, 6) is 0.558. The van der Waals surface area contributed by atoms with Crippen molar-refractivity contribution < 1.29 is 14.3 Å². The Balaban J connectivity index is 1.54. The van der Waals surface area contributed by atoms with Gasteiger partial charge in [0.15, 0.2) is 0 Å². The van der Waals surface area contributed by atoms with Crippen molar-refractivity contribution in [3.63, 3.8) is 0 Å². The monoisotopic (exact) mass is 450 g/mol. The minimum atomic E-state index is -0.779. The molecule has 1 saturated carbocycles. The molecule has 33 heavy (non-hydrogen) atoms. The molecule has 0 radical (unpaired) electrons. The van der Waals surface area contributed by atoms with Crippen LogP contribution in [0.25, 0.3) is 11.0 Å². The Morgan fingerprint density at radius 1 is 1.03 bits per heavy atom. The van der Waals surface area contributed by atoms with E-state index in [4.69, 9.17) is 10.5 Å². The fraction of sp³-hybridized carbons (Fsp3) is 0.400. The van der Waals surface area contributed by atoms with Crippen molar-refractivity contribution >= 4 is 28.7 Å². The quantitative estimate of drug-likeness (QED) is 0.625. The van der Waals surface area contributed by atoms with E-state index in [0.717, 1.165) is 27.0 Å². The van der Waals surface area contributed by atoms with Crippen LogP contribution in [0.4, 0.5) is 10.5 Å². The lowest BCUT2D eigenvalue weighted by Gasteiger charge is -2.28. The molecule has 1 aromatic heterocycles. The van der Waals surface area contributed by atoms with Gasteiger partial charge in [-0.2, -0.15) is 0 Å². The van der Waals surface area contributed by atoms with Gasteiger partial charge in [-0.1, -0.05) is 12.1 Å². The second-order valence-electron chi connectivity index (χ2n) is 8.88. The highest BCUT2D eigenvalue weighted by atomic mass is 16.5. The van der Waals surface area contributed by atoms with Gasteiger partial charge in [-0.3, -0.25) is 9.36 Å². The highest BCUT2D eigenvalue weighted by Gasteiger charge is 2.31. The lowest BCUT2D eigenvalue weighted by atomic mass is 9.85. The molecule has 3 aromatic rings. The number of carbonyl (C=O) groups excluding carboxylic acids is 2. The molecule has 3 N–H and O–H groups in total. The molecule has 0 aliphatic heterocycles. The Labute approximate surface area is 192 Å². The third-order valence-corrected chi connectivity index (χ3v) is 6.89. The van der Waals surface area contributed by atoms with Gasteiger partial charge in [-0.25, -0.2) is 14.2 Å². The molecule has 1 aliphatic carbocycles. The molecule has 0 spiro atoms. The summed E-state index contributed by atoms with van der Waals surface area (Å²) in [7, 11) is 1.61. The first-order chi connectivity index (χ1) is 15.7. The maximum absolute atomic E-state index is 13.2. The first-order valence-electron chi connectivity index (χ1n) is 11.2. The van der Waals surface area contributed by atoms with Crippen LogP contribution < -0.4 is 21.5 Å². The summed E-state index contributed by atoms with van der Waals surface area (Å²) < 4.78 is 8.09. The summed E-state index contributed by atoms with van der Waals surface area (Å²) in [5.41, 5.74) is 9.98. The molecule has 2 amide bonds. The minimum Gasteiger partial charge on any atom is -0.496 e. The molecular formula is C25H30N4O4. The highest BCUT2D eigenvalue weighted by Crippen LogP contribution is 2.35. The molecule has 8 nitrogen and oxygen atoms in total. The normalized spacial score (nSPS) is 18.3. The Morgan fingerprint density at radius 2 is 1.70 bits per heavy atom. The average molecular weight is 451 g/mol. The molecule has 1 aliphatic rings. The number of methoxy groups -OCH3 is 1. The molecule has 0 atom stereocenters. The zero-order valence-electron chi connectivity index (χ0n) is 19.5. The fourth-order valence-electron chi connectivity index (χ4n) is 4.87. The number of anilines is 1. The van der Waals surface area contributed by atoms with E-state index in [9.17, 15) is 14.4 Å². The summed E-state index contributed by atoms with van der Waals surface area (Å²) >= 11 is 0. The maximum Gasteiger partial charge on any atom is 0.337 e. The first kappa shape index (κ1) is 22.6. The van der Waals surface area contributed by atoms with E-state index in [0.29, 0.717) is 42.4 Å². The van der Waals surface area contributed by atoms with Crippen molar-refractivity contribution in [1.82, 2.24) is 9.13 Å². The summed E-state index contributed by atoms with van der Waals surface area (Å²) in [4.78, 5) is 38.1. The van der Waals surface area contributed by atoms with Crippen LogP contribution in [0, 0.1) is 26.7 Å². The second kappa shape index (κ2) is 8.77. The Morgan fingerprint density at radius 3 is 2.33 bits per heavy atom. The lowest BCUT2D eigenvalue weighted by molar-refractivity contribution is -0.121. The number of aryl methyl sites for hydroxylation is 3. The number of ether oxygens (including phenoxy) is 1. The number of nitrogens with one attached hydrogen (secondary N) is 1. The average Bonchev–Trinajstić information content (AvgIpc) is 3.10. The van der Waals surface area contributed by atoms with E-state index in [-0.39, 0.29) is 17.9 Å². The van der Waals surface area contributed by atoms with E-state index >= 15 is 0 Å². The summed E-state index contributed by atoms with van der Waals surface area (Å²) in [6, 6.07) is 8.56. The van der Waals surface area contributed by atoms with Crippen LogP contribution in [-0.4, -0.2) is 28.2 Å². The second-order valence-corrected chi connectivity index (χ2v) is 8.88. The molecule has 0 saturated heterocycles. The predicted octanol–water partition coefficient (Wildman–Crippen LogP) is 4.03. The predicted molar refractivity (Wildman–Crippen MR) is 128 cm³/mol. The minimum absolute atomic E-state index is 0.0299. The number of imidazole rings is 1. The van der Waals surface area contributed by atoms with E-state index in [1.807, 2.05) is 51.1 Å². The van der Waals surface area contributed by atoms with Gasteiger partial charge < -0.3 is 15.8 Å². The van der Waals surface area contributed by atoms with Crippen molar-refractivity contribution in [1.29, 1.82) is 0 Å². The van der Waals surface area contributed by atoms with Crippen molar-refractivity contribution in [2.75, 3.05) is 12.4 Å². The summed E-state index contributed by atoms with van der Waals surface area (Å²) in [6.45, 7) is 5.78. The number of aromatic nitrogens is 2. The number of amides is 2. The highest BCUT2D eigenvalue weighted by molar-refractivity contribution is 5.93. The number of hydrogen-bond acceptors (Lipinski definition) is 4. The molecule has 0 unspecified atom stereocenters. The number of nitrogens with two attached hydrogens (primary N) is 1. The third kappa shape index (κ3) is 4.01. The Kier molecular flexibility index (Phi) is 6.01. The third-order valence-electron chi connectivity index (χ3n) is 6.89. The number of hydrogen-bond donors (Lipinski definition) is 2. The van der Waals surface area contributed by atoms with Crippen LogP contribution in [0.15, 0.2) is 35.1 Å². The number of rotatable bonds is 4. The first-order valence-corrected chi connectivity index (χ1v) is 11.2. The molecule has 8 heteroatoms. The van der Waals surface area contributed by atoms with Crippen LogP contribution in [0.2, 0.25) is 0 Å². The van der Waals surface area contributed by atoms with E-state index in [1.54, 1.807) is 11.7 Å². The van der Waals surface area contributed by atoms with Gasteiger partial charge in [0.1, 0.15) is 5.75 Å². The van der Waals surface area contributed by atoms with Gasteiger partial charge in [-0.15, -0.1) is 0 Å². The zero-order valence-corrected chi connectivity index (χ0v) is 19.5. The Hall–Kier alpha value is -3.55. The van der Waals surface area contributed by atoms with Crippen LogP contribution in [0.3, 0.4) is 0 Å². The molecular weight excluding hydrogens is 420 g/mol. The van der Waals surface area contributed by atoms with Crippen molar-refractivity contribution in [3.8, 4) is 5.75 Å². The van der Waals surface area contributed by atoms with Crippen LogP contribution in [-0.2, 0) is 4.79 Å². The lowest BCUT2D eigenvalue weighted by Crippen LogP contribution is -2.36. The van der Waals surface area contributed by atoms with E-state index in [1.165, 1.54) is 0 Å². The summed E-state index contributed by atoms with van der Waals surface area (Å²) in [5, 5.41) is 2.99. The fourth-order valence-corrected chi connectivity index (χ4v) is 4.87. The van der Waals surface area contributed by atoms with Gasteiger partial charge in [-0.05, 0) is 75.3 Å². The number of carbonyl (C=O) groups is 2.